The Labute approximate surface area is 207 Å². The van der Waals surface area contributed by atoms with Crippen LogP contribution in [0.25, 0.3) is 0 Å². The maximum absolute atomic E-state index is 12.9. The van der Waals surface area contributed by atoms with E-state index in [0.717, 1.165) is 18.5 Å². The van der Waals surface area contributed by atoms with Crippen molar-refractivity contribution in [1.82, 2.24) is 35.0 Å². The number of hydrogen-bond acceptors (Lipinski definition) is 10. The third-order valence-electron chi connectivity index (χ3n) is 5.19. The highest BCUT2D eigenvalue weighted by Crippen LogP contribution is 2.40. The Bertz CT molecular complexity index is 1230. The quantitative estimate of drug-likeness (QED) is 0.346. The standard InChI is InChI=1S/C23H29N9O4/c1-13(2)32-18(20(33)27-11-23(3,4)35)17(10-28-32)31-22(34)36-21-19(29-15-7-24-12-25-8-15)26-9-16(30-21)14-5-6-14/h7-10,12-14,35H,5-6,11H2,1-4H3,(H,26,29)(H,27,33)(H,31,34). The first-order chi connectivity index (χ1) is 17.1. The van der Waals surface area contributed by atoms with E-state index >= 15 is 0 Å². The van der Waals surface area contributed by atoms with Gasteiger partial charge in [-0.05, 0) is 40.5 Å². The second-order valence-corrected chi connectivity index (χ2v) is 9.43. The van der Waals surface area contributed by atoms with E-state index in [-0.39, 0.29) is 41.6 Å². The first-order valence-corrected chi connectivity index (χ1v) is 11.6. The smallest absolute Gasteiger partial charge is 0.389 e. The fraction of sp³-hybridized carbons (Fsp3) is 0.435. The lowest BCUT2D eigenvalue weighted by molar-refractivity contribution is 0.0688. The first-order valence-electron chi connectivity index (χ1n) is 11.6. The lowest BCUT2D eigenvalue weighted by atomic mass is 10.1. The summed E-state index contributed by atoms with van der Waals surface area (Å²) < 4.78 is 7.00. The van der Waals surface area contributed by atoms with Crippen LogP contribution in [0.4, 0.5) is 22.0 Å². The summed E-state index contributed by atoms with van der Waals surface area (Å²) in [5.74, 6) is -0.0247. The molecule has 3 aromatic rings. The normalized spacial score (nSPS) is 13.4. The largest absolute Gasteiger partial charge is 0.418 e. The van der Waals surface area contributed by atoms with Crippen LogP contribution < -0.4 is 20.7 Å². The van der Waals surface area contributed by atoms with Gasteiger partial charge in [0.15, 0.2) is 5.82 Å². The van der Waals surface area contributed by atoms with Crippen molar-refractivity contribution in [3.63, 3.8) is 0 Å². The molecule has 13 heteroatoms. The van der Waals surface area contributed by atoms with Gasteiger partial charge in [-0.3, -0.25) is 14.8 Å². The average Bonchev–Trinajstić information content (AvgIpc) is 3.59. The molecule has 0 atom stereocenters. The topological polar surface area (TPSA) is 169 Å². The molecular weight excluding hydrogens is 466 g/mol. The van der Waals surface area contributed by atoms with E-state index in [2.05, 4.69) is 41.0 Å². The third-order valence-corrected chi connectivity index (χ3v) is 5.19. The SMILES string of the molecule is CC(C)n1ncc(NC(=O)Oc2nc(C3CC3)cnc2Nc2cncnc2)c1C(=O)NCC(C)(C)O. The predicted octanol–water partition coefficient (Wildman–Crippen LogP) is 2.78. The summed E-state index contributed by atoms with van der Waals surface area (Å²) in [6.07, 6.45) is 8.63. The van der Waals surface area contributed by atoms with Gasteiger partial charge in [-0.1, -0.05) is 0 Å². The highest BCUT2D eigenvalue weighted by atomic mass is 16.6. The molecule has 1 fully saturated rings. The Hall–Kier alpha value is -4.13. The molecule has 0 spiro atoms. The lowest BCUT2D eigenvalue weighted by Crippen LogP contribution is -2.39. The number of carbonyl (C=O) groups is 2. The average molecular weight is 496 g/mol. The Morgan fingerprint density at radius 1 is 1.19 bits per heavy atom. The molecule has 3 heterocycles. The maximum Gasteiger partial charge on any atom is 0.418 e. The molecular formula is C23H29N9O4. The molecule has 0 unspecified atom stereocenters. The second-order valence-electron chi connectivity index (χ2n) is 9.43. The minimum absolute atomic E-state index is 0.0147. The van der Waals surface area contributed by atoms with Gasteiger partial charge in [0, 0.05) is 18.5 Å². The lowest BCUT2D eigenvalue weighted by Gasteiger charge is -2.19. The van der Waals surface area contributed by atoms with Gasteiger partial charge in [0.05, 0.1) is 47.5 Å². The van der Waals surface area contributed by atoms with Gasteiger partial charge in [-0.15, -0.1) is 0 Å². The van der Waals surface area contributed by atoms with Crippen molar-refractivity contribution in [3.05, 3.63) is 42.5 Å². The number of aromatic nitrogens is 6. The molecule has 4 rings (SSSR count). The highest BCUT2D eigenvalue weighted by molar-refractivity contribution is 6.01. The van der Waals surface area contributed by atoms with Crippen LogP contribution in [0.3, 0.4) is 0 Å². The number of hydrogen-bond donors (Lipinski definition) is 4. The van der Waals surface area contributed by atoms with Crippen LogP contribution in [-0.4, -0.2) is 59.0 Å². The molecule has 3 aromatic heterocycles. The minimum atomic E-state index is -1.11. The second kappa shape index (κ2) is 10.2. The van der Waals surface area contributed by atoms with E-state index in [1.807, 2.05) is 13.8 Å². The number of nitrogens with zero attached hydrogens (tertiary/aromatic N) is 6. The molecule has 2 amide bonds. The zero-order valence-corrected chi connectivity index (χ0v) is 20.5. The zero-order valence-electron chi connectivity index (χ0n) is 20.5. The van der Waals surface area contributed by atoms with Gasteiger partial charge in [-0.2, -0.15) is 5.10 Å². The van der Waals surface area contributed by atoms with Crippen molar-refractivity contribution in [1.29, 1.82) is 0 Å². The summed E-state index contributed by atoms with van der Waals surface area (Å²) >= 11 is 0. The van der Waals surface area contributed by atoms with Crippen molar-refractivity contribution in [2.24, 2.45) is 0 Å². The fourth-order valence-corrected chi connectivity index (χ4v) is 3.29. The van der Waals surface area contributed by atoms with Crippen LogP contribution in [0.1, 0.15) is 68.7 Å². The number of nitrogens with one attached hydrogen (secondary N) is 3. The van der Waals surface area contributed by atoms with Crippen molar-refractivity contribution < 1.29 is 19.4 Å². The molecule has 0 aliphatic heterocycles. The van der Waals surface area contributed by atoms with Crippen molar-refractivity contribution in [2.45, 2.75) is 58.1 Å². The van der Waals surface area contributed by atoms with Crippen LogP contribution in [0, 0.1) is 0 Å². The Kier molecular flexibility index (Phi) is 7.10. The van der Waals surface area contributed by atoms with E-state index in [1.54, 1.807) is 32.4 Å². The third kappa shape index (κ3) is 6.30. The number of rotatable bonds is 9. The Morgan fingerprint density at radius 3 is 2.56 bits per heavy atom. The van der Waals surface area contributed by atoms with Crippen LogP contribution in [0.2, 0.25) is 0 Å². The number of aliphatic hydroxyl groups is 1. The van der Waals surface area contributed by atoms with E-state index < -0.39 is 17.6 Å². The molecule has 0 saturated heterocycles. The summed E-state index contributed by atoms with van der Waals surface area (Å²) in [7, 11) is 0. The molecule has 0 radical (unpaired) electrons. The molecule has 1 saturated carbocycles. The molecule has 4 N–H and O–H groups in total. The number of anilines is 3. The van der Waals surface area contributed by atoms with E-state index in [0.29, 0.717) is 5.69 Å². The molecule has 13 nitrogen and oxygen atoms in total. The first kappa shape index (κ1) is 25.0. The summed E-state index contributed by atoms with van der Waals surface area (Å²) in [5, 5.41) is 22.4. The van der Waals surface area contributed by atoms with E-state index in [9.17, 15) is 14.7 Å². The summed E-state index contributed by atoms with van der Waals surface area (Å²) in [5.41, 5.74) is 0.443. The molecule has 0 aromatic carbocycles. The highest BCUT2D eigenvalue weighted by Gasteiger charge is 2.28. The fourth-order valence-electron chi connectivity index (χ4n) is 3.29. The number of ether oxygens (including phenoxy) is 1. The summed E-state index contributed by atoms with van der Waals surface area (Å²) in [6.45, 7) is 6.87. The monoisotopic (exact) mass is 495 g/mol. The molecule has 1 aliphatic carbocycles. The van der Waals surface area contributed by atoms with Crippen LogP contribution in [0.5, 0.6) is 5.88 Å². The number of carbonyl (C=O) groups excluding carboxylic acids is 2. The van der Waals surface area contributed by atoms with Crippen molar-refractivity contribution >= 4 is 29.2 Å². The minimum Gasteiger partial charge on any atom is -0.389 e. The van der Waals surface area contributed by atoms with Gasteiger partial charge in [0.25, 0.3) is 11.8 Å². The van der Waals surface area contributed by atoms with Gasteiger partial charge in [0.1, 0.15) is 12.0 Å². The van der Waals surface area contributed by atoms with Crippen molar-refractivity contribution in [2.75, 3.05) is 17.2 Å². The Morgan fingerprint density at radius 2 is 1.92 bits per heavy atom. The molecule has 36 heavy (non-hydrogen) atoms. The van der Waals surface area contributed by atoms with Crippen LogP contribution in [-0.2, 0) is 0 Å². The van der Waals surface area contributed by atoms with Gasteiger partial charge < -0.3 is 20.5 Å². The molecule has 0 bridgehead atoms. The molecule has 1 aliphatic rings. The summed E-state index contributed by atoms with van der Waals surface area (Å²) in [4.78, 5) is 42.6. The maximum atomic E-state index is 12.9. The van der Waals surface area contributed by atoms with E-state index in [4.69, 9.17) is 4.74 Å². The van der Waals surface area contributed by atoms with E-state index in [1.165, 1.54) is 17.2 Å². The molecule has 190 valence electrons. The predicted molar refractivity (Wildman–Crippen MR) is 130 cm³/mol. The summed E-state index contributed by atoms with van der Waals surface area (Å²) in [6, 6.07) is -0.163. The Balaban J connectivity index is 1.55. The van der Waals surface area contributed by atoms with Crippen LogP contribution >= 0.6 is 0 Å². The van der Waals surface area contributed by atoms with Gasteiger partial charge >= 0.3 is 6.09 Å². The number of amides is 2. The van der Waals surface area contributed by atoms with Crippen molar-refractivity contribution in [3.8, 4) is 5.88 Å². The van der Waals surface area contributed by atoms with Gasteiger partial charge in [-0.25, -0.2) is 24.7 Å². The zero-order chi connectivity index (χ0) is 25.9. The van der Waals surface area contributed by atoms with Crippen LogP contribution in [0.15, 0.2) is 31.1 Å². The van der Waals surface area contributed by atoms with Gasteiger partial charge in [0.2, 0.25) is 0 Å².